The summed E-state index contributed by atoms with van der Waals surface area (Å²) in [6, 6.07) is 0.312. The largest absolute Gasteiger partial charge is 0.389 e. The van der Waals surface area contributed by atoms with Crippen molar-refractivity contribution in [2.45, 2.75) is 38.3 Å². The first kappa shape index (κ1) is 10.9. The molecule has 4 heteroatoms. The molecule has 1 aliphatic heterocycles. The van der Waals surface area contributed by atoms with Crippen LogP contribution in [0.15, 0.2) is 0 Å². The van der Waals surface area contributed by atoms with Crippen LogP contribution in [0.25, 0.3) is 0 Å². The molecule has 4 nitrogen and oxygen atoms in total. The Morgan fingerprint density at radius 1 is 1.33 bits per heavy atom. The summed E-state index contributed by atoms with van der Waals surface area (Å²) >= 11 is 0. The van der Waals surface area contributed by atoms with Gasteiger partial charge in [0.1, 0.15) is 0 Å². The molecular weight excluding hydrogens is 192 g/mol. The standard InChI is InChI=1S/C11H20N2O2/c1-9(14)12-5-7-13(8-6-12)10-3-4-11(10,2)15/h10,15H,3-8H2,1-2H3/t10-,11-/m0/s1. The second-order valence-corrected chi connectivity index (χ2v) is 4.95. The molecule has 0 unspecified atom stereocenters. The van der Waals surface area contributed by atoms with Gasteiger partial charge in [0.25, 0.3) is 0 Å². The van der Waals surface area contributed by atoms with Crippen molar-refractivity contribution in [2.24, 2.45) is 0 Å². The van der Waals surface area contributed by atoms with Gasteiger partial charge in [-0.2, -0.15) is 0 Å². The number of hydrogen-bond donors (Lipinski definition) is 1. The number of amides is 1. The maximum absolute atomic E-state index is 11.1. The van der Waals surface area contributed by atoms with Crippen molar-refractivity contribution in [3.63, 3.8) is 0 Å². The molecule has 0 spiro atoms. The fraction of sp³-hybridized carbons (Fsp3) is 0.909. The van der Waals surface area contributed by atoms with Gasteiger partial charge in [-0.15, -0.1) is 0 Å². The molecule has 1 aliphatic carbocycles. The summed E-state index contributed by atoms with van der Waals surface area (Å²) in [5.41, 5.74) is -0.502. The van der Waals surface area contributed by atoms with Crippen LogP contribution in [0.2, 0.25) is 0 Å². The van der Waals surface area contributed by atoms with Crippen LogP contribution in [0.4, 0.5) is 0 Å². The molecule has 0 aromatic carbocycles. The van der Waals surface area contributed by atoms with E-state index >= 15 is 0 Å². The Balaban J connectivity index is 1.86. The molecule has 2 atom stereocenters. The summed E-state index contributed by atoms with van der Waals surface area (Å²) in [5, 5.41) is 9.98. The predicted octanol–water partition coefficient (Wildman–Crippen LogP) is 0.0639. The lowest BCUT2D eigenvalue weighted by Gasteiger charge is -2.51. The summed E-state index contributed by atoms with van der Waals surface area (Å²) in [6.07, 6.45) is 2.00. The van der Waals surface area contributed by atoms with E-state index in [-0.39, 0.29) is 5.91 Å². The van der Waals surface area contributed by atoms with E-state index in [1.54, 1.807) is 6.92 Å². The molecule has 0 radical (unpaired) electrons. The Kier molecular flexibility index (Phi) is 2.73. The van der Waals surface area contributed by atoms with Crippen molar-refractivity contribution in [3.8, 4) is 0 Å². The maximum atomic E-state index is 11.1. The third-order valence-electron chi connectivity index (χ3n) is 3.84. The molecule has 0 aromatic heterocycles. The second-order valence-electron chi connectivity index (χ2n) is 4.95. The van der Waals surface area contributed by atoms with E-state index in [0.717, 1.165) is 39.0 Å². The third-order valence-corrected chi connectivity index (χ3v) is 3.84. The average molecular weight is 212 g/mol. The first-order valence-corrected chi connectivity index (χ1v) is 5.72. The van der Waals surface area contributed by atoms with Gasteiger partial charge >= 0.3 is 0 Å². The van der Waals surface area contributed by atoms with Gasteiger partial charge in [-0.25, -0.2) is 0 Å². The van der Waals surface area contributed by atoms with E-state index < -0.39 is 5.60 Å². The lowest BCUT2D eigenvalue weighted by Crippen LogP contribution is -2.62. The van der Waals surface area contributed by atoms with Crippen LogP contribution in [0.3, 0.4) is 0 Å². The molecule has 86 valence electrons. The lowest BCUT2D eigenvalue weighted by molar-refractivity contribution is -0.136. The van der Waals surface area contributed by atoms with E-state index in [4.69, 9.17) is 0 Å². The van der Waals surface area contributed by atoms with Crippen LogP contribution in [0.1, 0.15) is 26.7 Å². The minimum atomic E-state index is -0.502. The Morgan fingerprint density at radius 2 is 1.93 bits per heavy atom. The molecule has 2 aliphatic rings. The van der Waals surface area contributed by atoms with Crippen LogP contribution in [-0.4, -0.2) is 58.6 Å². The summed E-state index contributed by atoms with van der Waals surface area (Å²) < 4.78 is 0. The fourth-order valence-corrected chi connectivity index (χ4v) is 2.62. The third kappa shape index (κ3) is 2.01. The topological polar surface area (TPSA) is 43.8 Å². The highest BCUT2D eigenvalue weighted by molar-refractivity contribution is 5.73. The van der Waals surface area contributed by atoms with E-state index in [2.05, 4.69) is 4.90 Å². The van der Waals surface area contributed by atoms with Crippen molar-refractivity contribution in [3.05, 3.63) is 0 Å². The zero-order valence-electron chi connectivity index (χ0n) is 9.57. The summed E-state index contributed by atoms with van der Waals surface area (Å²) in [5.74, 6) is 0.162. The van der Waals surface area contributed by atoms with Gasteiger partial charge in [-0.05, 0) is 19.8 Å². The zero-order chi connectivity index (χ0) is 11.1. The molecular formula is C11H20N2O2. The molecule has 0 bridgehead atoms. The smallest absolute Gasteiger partial charge is 0.219 e. The highest BCUT2D eigenvalue weighted by atomic mass is 16.3. The molecule has 2 rings (SSSR count). The van der Waals surface area contributed by atoms with Gasteiger partial charge in [-0.3, -0.25) is 9.69 Å². The van der Waals surface area contributed by atoms with Crippen LogP contribution in [0.5, 0.6) is 0 Å². The number of piperazine rings is 1. The Labute approximate surface area is 90.9 Å². The number of nitrogens with zero attached hydrogens (tertiary/aromatic N) is 2. The van der Waals surface area contributed by atoms with Crippen LogP contribution in [0, 0.1) is 0 Å². The second kappa shape index (κ2) is 3.76. The number of hydrogen-bond acceptors (Lipinski definition) is 3. The van der Waals surface area contributed by atoms with Gasteiger partial charge in [0.15, 0.2) is 0 Å². The van der Waals surface area contributed by atoms with Crippen molar-refractivity contribution < 1.29 is 9.90 Å². The molecule has 1 N–H and O–H groups in total. The average Bonchev–Trinajstić information content (AvgIpc) is 2.17. The van der Waals surface area contributed by atoms with Gasteiger partial charge in [0.05, 0.1) is 5.60 Å². The minimum absolute atomic E-state index is 0.162. The summed E-state index contributed by atoms with van der Waals surface area (Å²) in [7, 11) is 0. The lowest BCUT2D eigenvalue weighted by atomic mass is 9.75. The Morgan fingerprint density at radius 3 is 2.27 bits per heavy atom. The normalized spacial score (nSPS) is 37.5. The zero-order valence-corrected chi connectivity index (χ0v) is 9.57. The Hall–Kier alpha value is -0.610. The monoisotopic (exact) mass is 212 g/mol. The number of carbonyl (C=O) groups is 1. The predicted molar refractivity (Wildman–Crippen MR) is 57.5 cm³/mol. The molecule has 1 saturated heterocycles. The fourth-order valence-electron chi connectivity index (χ4n) is 2.62. The molecule has 15 heavy (non-hydrogen) atoms. The number of aliphatic hydroxyl groups is 1. The maximum Gasteiger partial charge on any atom is 0.219 e. The van der Waals surface area contributed by atoms with Gasteiger partial charge < -0.3 is 10.0 Å². The number of rotatable bonds is 1. The summed E-state index contributed by atoms with van der Waals surface area (Å²) in [4.78, 5) is 15.3. The van der Waals surface area contributed by atoms with E-state index in [1.807, 2.05) is 11.8 Å². The molecule has 1 amide bonds. The van der Waals surface area contributed by atoms with Crippen molar-refractivity contribution in [2.75, 3.05) is 26.2 Å². The number of carbonyl (C=O) groups excluding carboxylic acids is 1. The highest BCUT2D eigenvalue weighted by Gasteiger charge is 2.44. The van der Waals surface area contributed by atoms with Gasteiger partial charge in [-0.1, -0.05) is 0 Å². The van der Waals surface area contributed by atoms with E-state index in [1.165, 1.54) is 0 Å². The molecule has 1 saturated carbocycles. The summed E-state index contributed by atoms with van der Waals surface area (Å²) in [6.45, 7) is 6.96. The van der Waals surface area contributed by atoms with Crippen molar-refractivity contribution in [1.29, 1.82) is 0 Å². The van der Waals surface area contributed by atoms with Crippen LogP contribution >= 0.6 is 0 Å². The highest BCUT2D eigenvalue weighted by Crippen LogP contribution is 2.36. The van der Waals surface area contributed by atoms with E-state index in [9.17, 15) is 9.90 Å². The molecule has 0 aromatic rings. The first-order valence-electron chi connectivity index (χ1n) is 5.72. The van der Waals surface area contributed by atoms with Crippen LogP contribution < -0.4 is 0 Å². The van der Waals surface area contributed by atoms with Gasteiger partial charge in [0.2, 0.25) is 5.91 Å². The SMILES string of the molecule is CC(=O)N1CCN([C@H]2CC[C@]2(C)O)CC1. The molecule has 2 fully saturated rings. The quantitative estimate of drug-likeness (QED) is 0.668. The van der Waals surface area contributed by atoms with Gasteiger partial charge in [0, 0.05) is 39.1 Å². The Bertz CT molecular complexity index is 257. The van der Waals surface area contributed by atoms with Crippen molar-refractivity contribution in [1.82, 2.24) is 9.80 Å². The van der Waals surface area contributed by atoms with E-state index in [0.29, 0.717) is 6.04 Å². The van der Waals surface area contributed by atoms with Crippen LogP contribution in [-0.2, 0) is 4.79 Å². The molecule has 1 heterocycles. The van der Waals surface area contributed by atoms with Crippen molar-refractivity contribution >= 4 is 5.91 Å². The first-order chi connectivity index (χ1) is 7.00. The minimum Gasteiger partial charge on any atom is -0.389 e.